The van der Waals surface area contributed by atoms with Crippen molar-refractivity contribution in [2.24, 2.45) is 0 Å². The van der Waals surface area contributed by atoms with E-state index in [1.54, 1.807) is 7.11 Å². The van der Waals surface area contributed by atoms with Gasteiger partial charge in [-0.1, -0.05) is 29.8 Å². The van der Waals surface area contributed by atoms with Crippen LogP contribution in [0.25, 0.3) is 0 Å². The average molecular weight is 413 g/mol. The van der Waals surface area contributed by atoms with Crippen molar-refractivity contribution in [2.75, 3.05) is 7.11 Å². The molecule has 0 bridgehead atoms. The van der Waals surface area contributed by atoms with Crippen LogP contribution in [0.4, 0.5) is 0 Å². The van der Waals surface area contributed by atoms with Crippen LogP contribution in [-0.4, -0.2) is 7.11 Å². The molecule has 0 aliphatic rings. The molecule has 2 aromatic rings. The zero-order chi connectivity index (χ0) is 15.4. The first kappa shape index (κ1) is 16.5. The van der Waals surface area contributed by atoms with Crippen LogP contribution in [0.5, 0.6) is 5.75 Å². The quantitative estimate of drug-likeness (QED) is 0.711. The molecule has 0 spiro atoms. The zero-order valence-corrected chi connectivity index (χ0v) is 15.6. The number of aryl methyl sites for hydroxylation is 1. The Hall–Kier alpha value is -0.840. The number of benzene rings is 2. The number of halogens is 2. The van der Waals surface area contributed by atoms with Crippen LogP contribution in [0, 0.1) is 6.92 Å². The van der Waals surface area contributed by atoms with Gasteiger partial charge in [-0.3, -0.25) is 0 Å². The van der Waals surface area contributed by atoms with E-state index in [9.17, 15) is 0 Å². The third-order valence-electron chi connectivity index (χ3n) is 3.42. The van der Waals surface area contributed by atoms with Crippen molar-refractivity contribution in [3.05, 3.63) is 62.0 Å². The van der Waals surface area contributed by atoms with Crippen LogP contribution in [0.2, 0.25) is 0 Å². The van der Waals surface area contributed by atoms with Gasteiger partial charge in [-0.05, 0) is 69.0 Å². The van der Waals surface area contributed by atoms with Crippen molar-refractivity contribution in [1.29, 1.82) is 0 Å². The third-order valence-corrected chi connectivity index (χ3v) is 4.59. The van der Waals surface area contributed by atoms with Crippen molar-refractivity contribution in [3.63, 3.8) is 0 Å². The summed E-state index contributed by atoms with van der Waals surface area (Å²) in [5, 5.41) is 3.55. The monoisotopic (exact) mass is 411 g/mol. The van der Waals surface area contributed by atoms with E-state index in [0.717, 1.165) is 21.2 Å². The lowest BCUT2D eigenvalue weighted by atomic mass is 10.1. The second-order valence-corrected chi connectivity index (χ2v) is 6.82. The van der Waals surface area contributed by atoms with Crippen LogP contribution in [0.15, 0.2) is 45.3 Å². The minimum absolute atomic E-state index is 0.310. The standard InChI is InChI=1S/C17H19Br2NO/c1-11-5-4-6-14(7-11)12(2)20-10-13-8-15(18)17(21-3)16(19)9-13/h4-9,12,20H,10H2,1-3H3/t12-/m0/s1. The first-order valence-corrected chi connectivity index (χ1v) is 8.41. The molecule has 2 rings (SSSR count). The maximum atomic E-state index is 5.32. The van der Waals surface area contributed by atoms with E-state index in [2.05, 4.69) is 87.4 Å². The van der Waals surface area contributed by atoms with E-state index in [1.165, 1.54) is 16.7 Å². The summed E-state index contributed by atoms with van der Waals surface area (Å²) in [5.41, 5.74) is 3.80. The topological polar surface area (TPSA) is 21.3 Å². The lowest BCUT2D eigenvalue weighted by Gasteiger charge is -2.16. The second kappa shape index (κ2) is 7.43. The van der Waals surface area contributed by atoms with Gasteiger partial charge in [0.15, 0.2) is 0 Å². The lowest BCUT2D eigenvalue weighted by Crippen LogP contribution is -2.18. The molecule has 112 valence electrons. The fourth-order valence-electron chi connectivity index (χ4n) is 2.24. The number of ether oxygens (including phenoxy) is 1. The minimum atomic E-state index is 0.310. The highest BCUT2D eigenvalue weighted by molar-refractivity contribution is 9.11. The molecular weight excluding hydrogens is 394 g/mol. The number of rotatable bonds is 5. The summed E-state index contributed by atoms with van der Waals surface area (Å²) < 4.78 is 7.24. The van der Waals surface area contributed by atoms with Gasteiger partial charge in [0.25, 0.3) is 0 Å². The molecule has 0 radical (unpaired) electrons. The highest BCUT2D eigenvalue weighted by Crippen LogP contribution is 2.34. The summed E-state index contributed by atoms with van der Waals surface area (Å²) in [6.07, 6.45) is 0. The molecule has 2 aromatic carbocycles. The van der Waals surface area contributed by atoms with Crippen LogP contribution >= 0.6 is 31.9 Å². The van der Waals surface area contributed by atoms with Gasteiger partial charge in [0.05, 0.1) is 16.1 Å². The molecule has 1 N–H and O–H groups in total. The Bertz CT molecular complexity index is 605. The van der Waals surface area contributed by atoms with Crippen molar-refractivity contribution < 1.29 is 4.74 Å². The Labute approximate surface area is 143 Å². The first-order chi connectivity index (χ1) is 10.0. The van der Waals surface area contributed by atoms with E-state index in [0.29, 0.717) is 6.04 Å². The van der Waals surface area contributed by atoms with Gasteiger partial charge in [-0.15, -0.1) is 0 Å². The fraction of sp³-hybridized carbons (Fsp3) is 0.294. The van der Waals surface area contributed by atoms with Gasteiger partial charge in [-0.2, -0.15) is 0 Å². The Morgan fingerprint density at radius 2 is 1.81 bits per heavy atom. The molecule has 2 nitrogen and oxygen atoms in total. The van der Waals surface area contributed by atoms with E-state index in [1.807, 2.05) is 0 Å². The van der Waals surface area contributed by atoms with Gasteiger partial charge in [0.2, 0.25) is 0 Å². The van der Waals surface area contributed by atoms with Crippen LogP contribution in [0.3, 0.4) is 0 Å². The molecule has 0 unspecified atom stereocenters. The molecule has 4 heteroatoms. The smallest absolute Gasteiger partial charge is 0.147 e. The Kier molecular flexibility index (Phi) is 5.85. The summed E-state index contributed by atoms with van der Waals surface area (Å²) in [5.74, 6) is 0.825. The van der Waals surface area contributed by atoms with Crippen molar-refractivity contribution >= 4 is 31.9 Å². The van der Waals surface area contributed by atoms with Crippen LogP contribution in [0.1, 0.15) is 29.7 Å². The van der Waals surface area contributed by atoms with Gasteiger partial charge in [0, 0.05) is 12.6 Å². The van der Waals surface area contributed by atoms with Crippen molar-refractivity contribution in [3.8, 4) is 5.75 Å². The molecular formula is C17H19Br2NO. The van der Waals surface area contributed by atoms with E-state index >= 15 is 0 Å². The Balaban J connectivity index is 2.06. The van der Waals surface area contributed by atoms with E-state index < -0.39 is 0 Å². The van der Waals surface area contributed by atoms with Gasteiger partial charge >= 0.3 is 0 Å². The van der Waals surface area contributed by atoms with Gasteiger partial charge in [0.1, 0.15) is 5.75 Å². The lowest BCUT2D eigenvalue weighted by molar-refractivity contribution is 0.409. The zero-order valence-electron chi connectivity index (χ0n) is 12.4. The fourth-order valence-corrected chi connectivity index (χ4v) is 3.84. The minimum Gasteiger partial charge on any atom is -0.494 e. The van der Waals surface area contributed by atoms with E-state index in [4.69, 9.17) is 4.74 Å². The molecule has 0 aliphatic carbocycles. The van der Waals surface area contributed by atoms with Crippen LogP contribution < -0.4 is 10.1 Å². The molecule has 21 heavy (non-hydrogen) atoms. The molecule has 0 heterocycles. The highest BCUT2D eigenvalue weighted by Gasteiger charge is 2.09. The average Bonchev–Trinajstić information content (AvgIpc) is 2.44. The van der Waals surface area contributed by atoms with Gasteiger partial charge < -0.3 is 10.1 Å². The SMILES string of the molecule is COc1c(Br)cc(CN[C@@H](C)c2cccc(C)c2)cc1Br. The summed E-state index contributed by atoms with van der Waals surface area (Å²) in [7, 11) is 1.67. The van der Waals surface area contributed by atoms with Crippen LogP contribution in [-0.2, 0) is 6.54 Å². The Morgan fingerprint density at radius 3 is 2.38 bits per heavy atom. The molecule has 1 atom stereocenters. The summed E-state index contributed by atoms with van der Waals surface area (Å²) in [6, 6.07) is 13.1. The molecule has 0 amide bonds. The van der Waals surface area contributed by atoms with Gasteiger partial charge in [-0.25, -0.2) is 0 Å². The van der Waals surface area contributed by atoms with Crippen molar-refractivity contribution in [2.45, 2.75) is 26.4 Å². The highest BCUT2D eigenvalue weighted by atomic mass is 79.9. The second-order valence-electron chi connectivity index (χ2n) is 5.11. The molecule has 0 aliphatic heterocycles. The summed E-state index contributed by atoms with van der Waals surface area (Å²) in [4.78, 5) is 0. The molecule has 0 aromatic heterocycles. The predicted molar refractivity (Wildman–Crippen MR) is 94.8 cm³/mol. The first-order valence-electron chi connectivity index (χ1n) is 6.83. The molecule has 0 saturated carbocycles. The molecule has 0 fully saturated rings. The maximum absolute atomic E-state index is 5.32. The number of nitrogens with one attached hydrogen (secondary N) is 1. The number of hydrogen-bond acceptors (Lipinski definition) is 2. The number of hydrogen-bond donors (Lipinski definition) is 1. The summed E-state index contributed by atoms with van der Waals surface area (Å²) in [6.45, 7) is 5.10. The summed E-state index contributed by atoms with van der Waals surface area (Å²) >= 11 is 7.07. The third kappa shape index (κ3) is 4.31. The number of methoxy groups -OCH3 is 1. The van der Waals surface area contributed by atoms with Crippen molar-refractivity contribution in [1.82, 2.24) is 5.32 Å². The largest absolute Gasteiger partial charge is 0.494 e. The maximum Gasteiger partial charge on any atom is 0.147 e. The normalized spacial score (nSPS) is 12.2. The Morgan fingerprint density at radius 1 is 1.14 bits per heavy atom. The predicted octanol–water partition coefficient (Wildman–Crippen LogP) is 5.38. The molecule has 0 saturated heterocycles. The van der Waals surface area contributed by atoms with E-state index in [-0.39, 0.29) is 0 Å².